The number of fused-ring (bicyclic) bond motifs is 3. The van der Waals surface area contributed by atoms with Crippen LogP contribution < -0.4 is 11.1 Å². The van der Waals surface area contributed by atoms with E-state index in [-0.39, 0.29) is 30.4 Å². The molecule has 27 heavy (non-hydrogen) atoms. The van der Waals surface area contributed by atoms with Gasteiger partial charge in [-0.1, -0.05) is 11.6 Å². The Morgan fingerprint density at radius 1 is 1.22 bits per heavy atom. The van der Waals surface area contributed by atoms with Gasteiger partial charge in [-0.15, -0.1) is 12.4 Å². The van der Waals surface area contributed by atoms with Crippen LogP contribution in [0.2, 0.25) is 0 Å². The summed E-state index contributed by atoms with van der Waals surface area (Å²) in [5.74, 6) is 1.46. The van der Waals surface area contributed by atoms with Crippen LogP contribution in [0, 0.1) is 18.8 Å². The summed E-state index contributed by atoms with van der Waals surface area (Å²) >= 11 is 0. The minimum Gasteiger partial charge on any atom is -0.349 e. The Morgan fingerprint density at radius 2 is 1.93 bits per heavy atom. The van der Waals surface area contributed by atoms with Crippen molar-refractivity contribution in [1.29, 1.82) is 0 Å². The Balaban J connectivity index is 0.00000180. The third kappa shape index (κ3) is 3.34. The maximum Gasteiger partial charge on any atom is 0.259 e. The van der Waals surface area contributed by atoms with Crippen molar-refractivity contribution >= 4 is 29.4 Å². The molecule has 0 saturated heterocycles. The summed E-state index contributed by atoms with van der Waals surface area (Å²) in [6, 6.07) is 2.49. The van der Waals surface area contributed by atoms with Crippen LogP contribution in [0.15, 0.2) is 10.6 Å². The van der Waals surface area contributed by atoms with Gasteiger partial charge in [-0.2, -0.15) is 0 Å². The molecule has 0 aromatic carbocycles. The van der Waals surface area contributed by atoms with E-state index < -0.39 is 0 Å². The fourth-order valence-corrected chi connectivity index (χ4v) is 5.14. The lowest BCUT2D eigenvalue weighted by molar-refractivity contribution is 0.0757. The van der Waals surface area contributed by atoms with Crippen LogP contribution in [0.5, 0.6) is 0 Å². The number of carbonyl (C=O) groups excluding carboxylic acids is 1. The molecule has 2 heterocycles. The molecule has 6 nitrogen and oxygen atoms in total. The fraction of sp³-hybridized carbons (Fsp3) is 0.650. The zero-order valence-corrected chi connectivity index (χ0v) is 16.4. The van der Waals surface area contributed by atoms with Gasteiger partial charge in [0.05, 0.1) is 16.6 Å². The van der Waals surface area contributed by atoms with E-state index in [4.69, 9.17) is 10.3 Å². The Morgan fingerprint density at radius 3 is 2.59 bits per heavy atom. The molecule has 0 radical (unpaired) electrons. The normalized spacial score (nSPS) is 30.0. The summed E-state index contributed by atoms with van der Waals surface area (Å²) in [5.41, 5.74) is 9.08. The van der Waals surface area contributed by atoms with Crippen molar-refractivity contribution in [2.75, 3.05) is 0 Å². The SMILES string of the molecule is Cc1noc2nc(C3CC3)cc(C(=O)NC3C4CCCC3CC(N)C4)c12.Cl. The highest BCUT2D eigenvalue weighted by molar-refractivity contribution is 6.06. The first-order chi connectivity index (χ1) is 12.6. The second kappa shape index (κ2) is 7.06. The minimum absolute atomic E-state index is 0. The molecule has 7 heteroatoms. The van der Waals surface area contributed by atoms with E-state index in [1.165, 1.54) is 19.3 Å². The topological polar surface area (TPSA) is 94.0 Å². The van der Waals surface area contributed by atoms with Crippen molar-refractivity contribution in [2.24, 2.45) is 17.6 Å². The Kier molecular flexibility index (Phi) is 4.89. The van der Waals surface area contributed by atoms with Crippen LogP contribution >= 0.6 is 12.4 Å². The number of nitrogens with one attached hydrogen (secondary N) is 1. The van der Waals surface area contributed by atoms with Crippen LogP contribution in [0.4, 0.5) is 0 Å². The number of rotatable bonds is 3. The average Bonchev–Trinajstić information content (AvgIpc) is 3.39. The predicted octanol–water partition coefficient (Wildman–Crippen LogP) is 3.47. The van der Waals surface area contributed by atoms with Crippen molar-refractivity contribution in [3.63, 3.8) is 0 Å². The maximum atomic E-state index is 13.2. The summed E-state index contributed by atoms with van der Waals surface area (Å²) in [5, 5.41) is 8.16. The van der Waals surface area contributed by atoms with Crippen molar-refractivity contribution in [1.82, 2.24) is 15.5 Å². The number of hydrogen-bond donors (Lipinski definition) is 2. The molecule has 5 rings (SSSR count). The van der Waals surface area contributed by atoms with Crippen LogP contribution in [0.25, 0.3) is 11.1 Å². The number of halogens is 1. The number of hydrogen-bond acceptors (Lipinski definition) is 5. The number of nitrogens with two attached hydrogens (primary N) is 1. The number of aromatic nitrogens is 2. The van der Waals surface area contributed by atoms with Crippen molar-refractivity contribution in [3.8, 4) is 0 Å². The van der Waals surface area contributed by atoms with Crippen molar-refractivity contribution in [3.05, 3.63) is 23.0 Å². The molecule has 2 unspecified atom stereocenters. The van der Waals surface area contributed by atoms with Crippen LogP contribution in [0.3, 0.4) is 0 Å². The van der Waals surface area contributed by atoms with Gasteiger partial charge in [-0.3, -0.25) is 4.79 Å². The molecular weight excluding hydrogens is 364 g/mol. The quantitative estimate of drug-likeness (QED) is 0.836. The highest BCUT2D eigenvalue weighted by Crippen LogP contribution is 2.42. The molecule has 0 aliphatic heterocycles. The molecule has 1 amide bonds. The first kappa shape index (κ1) is 18.7. The van der Waals surface area contributed by atoms with Crippen molar-refractivity contribution < 1.29 is 9.32 Å². The fourth-order valence-electron chi connectivity index (χ4n) is 5.14. The highest BCUT2D eigenvalue weighted by Gasteiger charge is 2.40. The lowest BCUT2D eigenvalue weighted by atomic mass is 9.67. The standard InChI is InChI=1S/C20H26N4O2.ClH/c1-10-17-15(9-16(11-5-6-11)22-20(17)26-24-10)19(25)23-18-12-3-2-4-13(18)8-14(21)7-12;/h9,11-14,18H,2-8,21H2,1H3,(H,23,25);1H. The van der Waals surface area contributed by atoms with Gasteiger partial charge in [-0.25, -0.2) is 4.98 Å². The van der Waals surface area contributed by atoms with E-state index in [1.54, 1.807) is 0 Å². The number of aryl methyl sites for hydroxylation is 1. The smallest absolute Gasteiger partial charge is 0.259 e. The molecule has 2 aromatic rings. The van der Waals surface area contributed by atoms with Gasteiger partial charge in [0.25, 0.3) is 11.6 Å². The van der Waals surface area contributed by atoms with Gasteiger partial charge in [0.1, 0.15) is 0 Å². The van der Waals surface area contributed by atoms with Gasteiger partial charge in [0, 0.05) is 23.7 Å². The minimum atomic E-state index is -0.0111. The summed E-state index contributed by atoms with van der Waals surface area (Å²) < 4.78 is 5.38. The van der Waals surface area contributed by atoms with Gasteiger partial charge in [0.15, 0.2) is 0 Å². The number of pyridine rings is 1. The second-order valence-corrected chi connectivity index (χ2v) is 8.50. The number of amides is 1. The van der Waals surface area contributed by atoms with Crippen LogP contribution in [0.1, 0.15) is 72.6 Å². The van der Waals surface area contributed by atoms with Crippen molar-refractivity contribution in [2.45, 2.75) is 69.9 Å². The van der Waals surface area contributed by atoms with Gasteiger partial charge in [-0.05, 0) is 63.4 Å². The third-order valence-corrected chi connectivity index (χ3v) is 6.55. The summed E-state index contributed by atoms with van der Waals surface area (Å²) in [4.78, 5) is 17.8. The summed E-state index contributed by atoms with van der Waals surface area (Å²) in [6.45, 7) is 1.87. The summed E-state index contributed by atoms with van der Waals surface area (Å²) in [6.07, 6.45) is 7.90. The van der Waals surface area contributed by atoms with E-state index in [0.717, 1.165) is 42.5 Å². The zero-order valence-electron chi connectivity index (χ0n) is 15.6. The maximum absolute atomic E-state index is 13.2. The van der Waals surface area contributed by atoms with E-state index >= 15 is 0 Å². The van der Waals surface area contributed by atoms with E-state index in [9.17, 15) is 4.79 Å². The molecular formula is C20H27ClN4O2. The Bertz CT molecular complexity index is 849. The molecule has 3 aliphatic carbocycles. The number of carbonyl (C=O) groups is 1. The third-order valence-electron chi connectivity index (χ3n) is 6.55. The van der Waals surface area contributed by atoms with E-state index in [1.807, 2.05) is 13.0 Å². The van der Waals surface area contributed by atoms with E-state index in [0.29, 0.717) is 29.0 Å². The zero-order chi connectivity index (χ0) is 17.8. The monoisotopic (exact) mass is 390 g/mol. The molecule has 2 aromatic heterocycles. The molecule has 3 N–H and O–H groups in total. The van der Waals surface area contributed by atoms with E-state index in [2.05, 4.69) is 15.5 Å². The molecule has 3 aliphatic rings. The van der Waals surface area contributed by atoms with Crippen LogP contribution in [-0.2, 0) is 0 Å². The molecule has 3 fully saturated rings. The molecule has 2 atom stereocenters. The van der Waals surface area contributed by atoms with Crippen LogP contribution in [-0.4, -0.2) is 28.1 Å². The Hall–Kier alpha value is -1.66. The number of nitrogens with zero attached hydrogens (tertiary/aromatic N) is 2. The predicted molar refractivity (Wildman–Crippen MR) is 105 cm³/mol. The molecule has 146 valence electrons. The lowest BCUT2D eigenvalue weighted by Gasteiger charge is -2.45. The molecule has 3 saturated carbocycles. The van der Waals surface area contributed by atoms with Gasteiger partial charge >= 0.3 is 0 Å². The Labute approximate surface area is 165 Å². The van der Waals surface area contributed by atoms with Gasteiger partial charge in [0.2, 0.25) is 0 Å². The average molecular weight is 391 g/mol. The lowest BCUT2D eigenvalue weighted by Crippen LogP contribution is -2.53. The summed E-state index contributed by atoms with van der Waals surface area (Å²) in [7, 11) is 0. The van der Waals surface area contributed by atoms with Gasteiger partial charge < -0.3 is 15.6 Å². The highest BCUT2D eigenvalue weighted by atomic mass is 35.5. The largest absolute Gasteiger partial charge is 0.349 e. The molecule has 0 spiro atoms. The second-order valence-electron chi connectivity index (χ2n) is 8.50. The first-order valence-electron chi connectivity index (χ1n) is 9.93. The first-order valence-corrected chi connectivity index (χ1v) is 9.93. The molecule has 2 bridgehead atoms.